The van der Waals surface area contributed by atoms with E-state index in [1.807, 2.05) is 0 Å². The lowest BCUT2D eigenvalue weighted by Crippen LogP contribution is -2.50. The normalized spacial score (nSPS) is 17.0. The minimum absolute atomic E-state index is 0.139. The fraction of sp³-hybridized carbons (Fsp3) is 0.467. The monoisotopic (exact) mass is 309 g/mol. The maximum absolute atomic E-state index is 13.5. The van der Waals surface area contributed by atoms with Gasteiger partial charge in [-0.05, 0) is 30.9 Å². The van der Waals surface area contributed by atoms with Crippen molar-refractivity contribution in [1.82, 2.24) is 5.32 Å². The number of halogens is 1. The third-order valence-electron chi connectivity index (χ3n) is 3.84. The number of benzene rings is 1. The van der Waals surface area contributed by atoms with Crippen LogP contribution in [-0.4, -0.2) is 17.1 Å². The van der Waals surface area contributed by atoms with Crippen molar-refractivity contribution >= 4 is 28.9 Å². The van der Waals surface area contributed by atoms with Crippen molar-refractivity contribution in [3.05, 3.63) is 30.1 Å². The van der Waals surface area contributed by atoms with Crippen molar-refractivity contribution in [2.24, 2.45) is 11.7 Å². The molecule has 1 aliphatic carbocycles. The lowest BCUT2D eigenvalue weighted by molar-refractivity contribution is 0.242. The van der Waals surface area contributed by atoms with Gasteiger partial charge in [-0.3, -0.25) is 0 Å². The molecular weight excluding hydrogens is 289 g/mol. The SMILES string of the molecule is NC(=S)C(NC(=O)Nc1ccccc1F)C1CCCCC1. The molecule has 1 fully saturated rings. The molecule has 0 aliphatic heterocycles. The number of amides is 2. The number of urea groups is 1. The fourth-order valence-corrected chi connectivity index (χ4v) is 3.00. The van der Waals surface area contributed by atoms with E-state index in [9.17, 15) is 9.18 Å². The summed E-state index contributed by atoms with van der Waals surface area (Å²) in [6, 6.07) is 5.20. The van der Waals surface area contributed by atoms with Gasteiger partial charge in [0.05, 0.1) is 16.7 Å². The van der Waals surface area contributed by atoms with Crippen molar-refractivity contribution in [1.29, 1.82) is 0 Å². The van der Waals surface area contributed by atoms with E-state index in [1.54, 1.807) is 12.1 Å². The summed E-state index contributed by atoms with van der Waals surface area (Å²) in [5, 5.41) is 5.27. The Kier molecular flexibility index (Phi) is 5.50. The minimum Gasteiger partial charge on any atom is -0.392 e. The molecule has 4 nitrogen and oxygen atoms in total. The van der Waals surface area contributed by atoms with Gasteiger partial charge in [-0.2, -0.15) is 0 Å². The first kappa shape index (κ1) is 15.7. The van der Waals surface area contributed by atoms with Crippen LogP contribution in [0, 0.1) is 11.7 Å². The maximum Gasteiger partial charge on any atom is 0.319 e. The van der Waals surface area contributed by atoms with Gasteiger partial charge in [-0.15, -0.1) is 0 Å². The maximum atomic E-state index is 13.5. The molecule has 1 aromatic rings. The van der Waals surface area contributed by atoms with Crippen LogP contribution in [0.4, 0.5) is 14.9 Å². The number of rotatable bonds is 4. The van der Waals surface area contributed by atoms with Gasteiger partial charge in [-0.25, -0.2) is 9.18 Å². The second-order valence-corrected chi connectivity index (χ2v) is 5.83. The molecule has 0 aromatic heterocycles. The molecule has 0 radical (unpaired) electrons. The summed E-state index contributed by atoms with van der Waals surface area (Å²) in [4.78, 5) is 12.3. The predicted molar refractivity (Wildman–Crippen MR) is 85.7 cm³/mol. The van der Waals surface area contributed by atoms with E-state index < -0.39 is 11.8 Å². The summed E-state index contributed by atoms with van der Waals surface area (Å²) >= 11 is 5.07. The predicted octanol–water partition coefficient (Wildman–Crippen LogP) is 3.18. The van der Waals surface area contributed by atoms with E-state index in [-0.39, 0.29) is 22.6 Å². The molecule has 0 saturated heterocycles. The molecule has 2 amide bonds. The molecular formula is C15H20FN3OS. The fourth-order valence-electron chi connectivity index (χ4n) is 2.75. The van der Waals surface area contributed by atoms with Crippen LogP contribution in [-0.2, 0) is 0 Å². The summed E-state index contributed by atoms with van der Waals surface area (Å²) in [6.45, 7) is 0. The van der Waals surface area contributed by atoms with Crippen molar-refractivity contribution < 1.29 is 9.18 Å². The van der Waals surface area contributed by atoms with Crippen molar-refractivity contribution in [3.8, 4) is 0 Å². The van der Waals surface area contributed by atoms with E-state index in [2.05, 4.69) is 10.6 Å². The molecule has 21 heavy (non-hydrogen) atoms. The quantitative estimate of drug-likeness (QED) is 0.748. The standard InChI is InChI=1S/C15H20FN3OS/c16-11-8-4-5-9-12(11)18-15(20)19-13(14(17)21)10-6-2-1-3-7-10/h4-5,8-10,13H,1-3,6-7H2,(H2,17,21)(H2,18,19,20). The molecule has 1 unspecified atom stereocenters. The molecule has 114 valence electrons. The Labute approximate surface area is 129 Å². The lowest BCUT2D eigenvalue weighted by Gasteiger charge is -2.30. The number of nitrogens with two attached hydrogens (primary N) is 1. The molecule has 0 spiro atoms. The van der Waals surface area contributed by atoms with Gasteiger partial charge >= 0.3 is 6.03 Å². The van der Waals surface area contributed by atoms with Gasteiger partial charge in [-0.1, -0.05) is 43.6 Å². The highest BCUT2D eigenvalue weighted by Crippen LogP contribution is 2.26. The molecule has 1 aliphatic rings. The molecule has 1 saturated carbocycles. The Morgan fingerprint density at radius 1 is 1.29 bits per heavy atom. The summed E-state index contributed by atoms with van der Waals surface area (Å²) in [7, 11) is 0. The number of carbonyl (C=O) groups is 1. The largest absolute Gasteiger partial charge is 0.392 e. The molecule has 2 rings (SSSR count). The average Bonchev–Trinajstić information content (AvgIpc) is 2.48. The van der Waals surface area contributed by atoms with Crippen LogP contribution in [0.25, 0.3) is 0 Å². The second-order valence-electron chi connectivity index (χ2n) is 5.36. The zero-order valence-electron chi connectivity index (χ0n) is 11.8. The molecule has 0 bridgehead atoms. The van der Waals surface area contributed by atoms with Crippen LogP contribution in [0.3, 0.4) is 0 Å². The van der Waals surface area contributed by atoms with Crippen molar-refractivity contribution in [2.45, 2.75) is 38.1 Å². The lowest BCUT2D eigenvalue weighted by atomic mass is 9.84. The number of para-hydroxylation sites is 1. The molecule has 1 atom stereocenters. The first-order chi connectivity index (χ1) is 10.1. The number of thiocarbonyl (C=S) groups is 1. The molecule has 0 heterocycles. The van der Waals surface area contributed by atoms with Crippen LogP contribution < -0.4 is 16.4 Å². The number of hydrogen-bond donors (Lipinski definition) is 3. The van der Waals surface area contributed by atoms with E-state index >= 15 is 0 Å². The van der Waals surface area contributed by atoms with Gasteiger partial charge in [0, 0.05) is 0 Å². The third kappa shape index (κ3) is 4.39. The number of carbonyl (C=O) groups excluding carboxylic acids is 1. The third-order valence-corrected chi connectivity index (χ3v) is 4.09. The first-order valence-corrected chi connectivity index (χ1v) is 7.60. The van der Waals surface area contributed by atoms with E-state index in [0.29, 0.717) is 0 Å². The second kappa shape index (κ2) is 7.36. The van der Waals surface area contributed by atoms with E-state index in [0.717, 1.165) is 25.7 Å². The summed E-state index contributed by atoms with van der Waals surface area (Å²) in [5.41, 5.74) is 5.89. The molecule has 1 aromatic carbocycles. The van der Waals surface area contributed by atoms with Crippen LogP contribution in [0.5, 0.6) is 0 Å². The molecule has 4 N–H and O–H groups in total. The van der Waals surface area contributed by atoms with Crippen molar-refractivity contribution in [3.63, 3.8) is 0 Å². The first-order valence-electron chi connectivity index (χ1n) is 7.19. The topological polar surface area (TPSA) is 67.1 Å². The summed E-state index contributed by atoms with van der Waals surface area (Å²) in [6.07, 6.45) is 5.47. The Morgan fingerprint density at radius 3 is 2.57 bits per heavy atom. The zero-order valence-corrected chi connectivity index (χ0v) is 12.6. The Hall–Kier alpha value is -1.69. The highest BCUT2D eigenvalue weighted by atomic mass is 32.1. The Morgan fingerprint density at radius 2 is 1.95 bits per heavy atom. The van der Waals surface area contributed by atoms with Gasteiger partial charge < -0.3 is 16.4 Å². The van der Waals surface area contributed by atoms with Crippen LogP contribution in [0.15, 0.2) is 24.3 Å². The van der Waals surface area contributed by atoms with Gasteiger partial charge in [0.2, 0.25) is 0 Å². The zero-order chi connectivity index (χ0) is 15.2. The highest BCUT2D eigenvalue weighted by Gasteiger charge is 2.27. The van der Waals surface area contributed by atoms with Crippen LogP contribution >= 0.6 is 12.2 Å². The number of anilines is 1. The van der Waals surface area contributed by atoms with Crippen LogP contribution in [0.2, 0.25) is 0 Å². The Balaban J connectivity index is 1.98. The van der Waals surface area contributed by atoms with Crippen molar-refractivity contribution in [2.75, 3.05) is 5.32 Å². The number of hydrogen-bond acceptors (Lipinski definition) is 2. The minimum atomic E-state index is -0.483. The highest BCUT2D eigenvalue weighted by molar-refractivity contribution is 7.80. The van der Waals surface area contributed by atoms with E-state index in [1.165, 1.54) is 18.6 Å². The smallest absolute Gasteiger partial charge is 0.319 e. The number of nitrogens with one attached hydrogen (secondary N) is 2. The Bertz CT molecular complexity index is 517. The van der Waals surface area contributed by atoms with E-state index in [4.69, 9.17) is 18.0 Å². The van der Waals surface area contributed by atoms with Gasteiger partial charge in [0.25, 0.3) is 0 Å². The van der Waals surface area contributed by atoms with Gasteiger partial charge in [0.1, 0.15) is 5.82 Å². The van der Waals surface area contributed by atoms with Crippen LogP contribution in [0.1, 0.15) is 32.1 Å². The summed E-state index contributed by atoms with van der Waals surface area (Å²) in [5.74, 6) is -0.209. The molecule has 6 heteroatoms. The summed E-state index contributed by atoms with van der Waals surface area (Å²) < 4.78 is 13.5. The average molecular weight is 309 g/mol. The van der Waals surface area contributed by atoms with Gasteiger partial charge in [0.15, 0.2) is 0 Å².